The Kier molecular flexibility index (Phi) is 3.89. The second-order valence-electron chi connectivity index (χ2n) is 4.56. The third kappa shape index (κ3) is 1.74. The van der Waals surface area contributed by atoms with Crippen molar-refractivity contribution in [2.75, 3.05) is 0 Å². The van der Waals surface area contributed by atoms with Gasteiger partial charge in [0.05, 0.1) is 0 Å². The van der Waals surface area contributed by atoms with Crippen molar-refractivity contribution in [3.8, 4) is 0 Å². The first kappa shape index (κ1) is 16.2. The number of hydrogen-bond acceptors (Lipinski definition) is 6. The Morgan fingerprint density at radius 2 is 1.33 bits per heavy atom. The lowest BCUT2D eigenvalue weighted by Crippen LogP contribution is -2.76. The van der Waals surface area contributed by atoms with Crippen molar-refractivity contribution in [3.63, 3.8) is 0 Å². The van der Waals surface area contributed by atoms with Crippen molar-refractivity contribution in [1.82, 2.24) is 0 Å². The minimum absolute atomic E-state index is 0.0674. The number of hydrogen-bond donors (Lipinski definition) is 4. The smallest absolute Gasteiger partial charge is 0.240 e. The first-order valence-electron chi connectivity index (χ1n) is 5.14. The molecular weight excluding hydrogens is 376 g/mol. The summed E-state index contributed by atoms with van der Waals surface area (Å²) in [6.07, 6.45) is -0.499. The van der Waals surface area contributed by atoms with Crippen LogP contribution in [-0.2, 0) is 9.59 Å². The summed E-state index contributed by atoms with van der Waals surface area (Å²) in [5, 5.41) is 39.4. The predicted octanol–water partition coefficient (Wildman–Crippen LogP) is -0.208. The third-order valence-electron chi connectivity index (χ3n) is 3.47. The largest absolute Gasteiger partial charge is 0.361 e. The van der Waals surface area contributed by atoms with Gasteiger partial charge in [0, 0.05) is 6.42 Å². The SMILES string of the molecule is CC(=O)C1(C(C)=O)C(Br)(Br)CCC(O)(O)C1(O)O. The van der Waals surface area contributed by atoms with Gasteiger partial charge in [-0.15, -0.1) is 0 Å². The third-order valence-corrected chi connectivity index (χ3v) is 5.46. The topological polar surface area (TPSA) is 115 Å². The molecule has 0 amide bonds. The lowest BCUT2D eigenvalue weighted by atomic mass is 9.62. The first-order chi connectivity index (χ1) is 7.84. The second-order valence-corrected chi connectivity index (χ2v) is 8.33. The van der Waals surface area contributed by atoms with Gasteiger partial charge in [0.2, 0.25) is 11.6 Å². The van der Waals surface area contributed by atoms with E-state index in [4.69, 9.17) is 0 Å². The van der Waals surface area contributed by atoms with Gasteiger partial charge in [-0.25, -0.2) is 0 Å². The second kappa shape index (κ2) is 4.32. The summed E-state index contributed by atoms with van der Waals surface area (Å²) in [5.74, 6) is -8.06. The van der Waals surface area contributed by atoms with Crippen LogP contribution in [0.25, 0.3) is 0 Å². The summed E-state index contributed by atoms with van der Waals surface area (Å²) < 4.78 is -1.47. The van der Waals surface area contributed by atoms with Gasteiger partial charge in [0.15, 0.2) is 17.0 Å². The standard InChI is InChI=1S/C10H14Br2O6/c1-5(13)9(6(2)14)7(11,12)3-4-8(15,16)10(9,17)18/h15-18H,3-4H2,1-2H3. The summed E-state index contributed by atoms with van der Waals surface area (Å²) in [6, 6.07) is 0. The molecule has 0 atom stereocenters. The van der Waals surface area contributed by atoms with Gasteiger partial charge < -0.3 is 20.4 Å². The molecule has 1 saturated carbocycles. The molecule has 8 heteroatoms. The van der Waals surface area contributed by atoms with Crippen LogP contribution in [0.5, 0.6) is 0 Å². The van der Waals surface area contributed by atoms with Gasteiger partial charge >= 0.3 is 0 Å². The maximum Gasteiger partial charge on any atom is 0.240 e. The number of carbonyl (C=O) groups is 2. The Morgan fingerprint density at radius 1 is 0.944 bits per heavy atom. The highest BCUT2D eigenvalue weighted by Gasteiger charge is 2.76. The lowest BCUT2D eigenvalue weighted by molar-refractivity contribution is -0.397. The number of halogens is 2. The highest BCUT2D eigenvalue weighted by Crippen LogP contribution is 2.60. The quantitative estimate of drug-likeness (QED) is 0.295. The van der Waals surface area contributed by atoms with Crippen LogP contribution in [0.1, 0.15) is 26.7 Å². The fourth-order valence-corrected chi connectivity index (χ4v) is 4.57. The molecule has 1 aliphatic rings. The molecule has 4 N–H and O–H groups in total. The van der Waals surface area contributed by atoms with E-state index < -0.39 is 38.2 Å². The van der Waals surface area contributed by atoms with Crippen LogP contribution in [0.2, 0.25) is 0 Å². The molecular formula is C10H14Br2O6. The van der Waals surface area contributed by atoms with E-state index >= 15 is 0 Å². The van der Waals surface area contributed by atoms with Crippen molar-refractivity contribution < 1.29 is 30.0 Å². The first-order valence-corrected chi connectivity index (χ1v) is 6.72. The zero-order chi connectivity index (χ0) is 14.6. The zero-order valence-electron chi connectivity index (χ0n) is 9.78. The fourth-order valence-electron chi connectivity index (χ4n) is 2.50. The maximum atomic E-state index is 11.9. The summed E-state index contributed by atoms with van der Waals surface area (Å²) in [4.78, 5) is 23.7. The molecule has 6 nitrogen and oxygen atoms in total. The van der Waals surface area contributed by atoms with Crippen LogP contribution in [0, 0.1) is 5.41 Å². The van der Waals surface area contributed by atoms with E-state index in [1.165, 1.54) is 0 Å². The van der Waals surface area contributed by atoms with Crippen molar-refractivity contribution in [2.24, 2.45) is 5.41 Å². The van der Waals surface area contributed by atoms with Gasteiger partial charge in [-0.2, -0.15) is 0 Å². The van der Waals surface area contributed by atoms with Crippen molar-refractivity contribution in [2.45, 2.75) is 41.5 Å². The summed E-state index contributed by atoms with van der Waals surface area (Å²) in [5.41, 5.74) is -2.43. The van der Waals surface area contributed by atoms with Crippen molar-refractivity contribution >= 4 is 43.4 Å². The van der Waals surface area contributed by atoms with Crippen LogP contribution < -0.4 is 0 Å². The van der Waals surface area contributed by atoms with Gasteiger partial charge in [0.1, 0.15) is 3.23 Å². The Balaban J connectivity index is 3.67. The number of carbonyl (C=O) groups excluding carboxylic acids is 2. The minimum Gasteiger partial charge on any atom is -0.361 e. The van der Waals surface area contributed by atoms with Gasteiger partial charge in [0.25, 0.3) is 0 Å². The molecule has 0 bridgehead atoms. The molecule has 0 aromatic rings. The van der Waals surface area contributed by atoms with Crippen LogP contribution in [0.4, 0.5) is 0 Å². The minimum atomic E-state index is -3.32. The van der Waals surface area contributed by atoms with E-state index in [0.29, 0.717) is 0 Å². The molecule has 0 saturated heterocycles. The average molecular weight is 390 g/mol. The van der Waals surface area contributed by atoms with Crippen molar-refractivity contribution in [3.05, 3.63) is 0 Å². The number of rotatable bonds is 2. The molecule has 104 valence electrons. The Labute approximate surface area is 120 Å². The maximum absolute atomic E-state index is 11.9. The van der Waals surface area contributed by atoms with E-state index in [1.807, 2.05) is 0 Å². The normalized spacial score (nSPS) is 27.6. The summed E-state index contributed by atoms with van der Waals surface area (Å²) >= 11 is 6.15. The molecule has 0 heterocycles. The van der Waals surface area contributed by atoms with E-state index in [9.17, 15) is 30.0 Å². The van der Waals surface area contributed by atoms with Crippen molar-refractivity contribution in [1.29, 1.82) is 0 Å². The van der Waals surface area contributed by atoms with E-state index in [1.54, 1.807) is 0 Å². The molecule has 18 heavy (non-hydrogen) atoms. The highest BCUT2D eigenvalue weighted by atomic mass is 79.9. The molecule has 0 spiro atoms. The van der Waals surface area contributed by atoms with E-state index in [-0.39, 0.29) is 6.42 Å². The molecule has 0 aromatic heterocycles. The Morgan fingerprint density at radius 3 is 1.61 bits per heavy atom. The number of ketones is 2. The average Bonchev–Trinajstić information content (AvgIpc) is 2.11. The molecule has 0 aromatic carbocycles. The summed E-state index contributed by atoms with van der Waals surface area (Å²) in [7, 11) is 0. The van der Waals surface area contributed by atoms with Crippen LogP contribution in [-0.4, -0.2) is 46.8 Å². The van der Waals surface area contributed by atoms with Crippen LogP contribution >= 0.6 is 31.9 Å². The predicted molar refractivity (Wildman–Crippen MR) is 68.0 cm³/mol. The number of alkyl halides is 2. The van der Waals surface area contributed by atoms with Gasteiger partial charge in [-0.3, -0.25) is 9.59 Å². The molecule has 1 fully saturated rings. The molecule has 1 rings (SSSR count). The zero-order valence-corrected chi connectivity index (χ0v) is 12.9. The van der Waals surface area contributed by atoms with Crippen LogP contribution in [0.15, 0.2) is 0 Å². The Bertz CT molecular complexity index is 387. The van der Waals surface area contributed by atoms with Gasteiger partial charge in [-0.1, -0.05) is 31.9 Å². The van der Waals surface area contributed by atoms with Crippen LogP contribution in [0.3, 0.4) is 0 Å². The molecule has 0 unspecified atom stereocenters. The summed E-state index contributed by atoms with van der Waals surface area (Å²) in [6.45, 7) is 1.97. The van der Waals surface area contributed by atoms with Gasteiger partial charge in [-0.05, 0) is 20.3 Å². The van der Waals surface area contributed by atoms with E-state index in [2.05, 4.69) is 31.9 Å². The number of aliphatic hydroxyl groups is 4. The highest BCUT2D eigenvalue weighted by molar-refractivity contribution is 9.25. The fraction of sp³-hybridized carbons (Fsp3) is 0.800. The Hall–Kier alpha value is 0.140. The number of Topliss-reactive ketones (excluding diaryl/α,β-unsaturated/α-hetero) is 2. The molecule has 1 aliphatic carbocycles. The molecule has 0 radical (unpaired) electrons. The monoisotopic (exact) mass is 388 g/mol. The van der Waals surface area contributed by atoms with E-state index in [0.717, 1.165) is 13.8 Å². The lowest BCUT2D eigenvalue weighted by Gasteiger charge is -2.55. The molecule has 0 aliphatic heterocycles.